The van der Waals surface area contributed by atoms with Crippen LogP contribution >= 0.6 is 11.6 Å². The summed E-state index contributed by atoms with van der Waals surface area (Å²) < 4.78 is 0. The zero-order chi connectivity index (χ0) is 14.7. The second-order valence-electron chi connectivity index (χ2n) is 4.61. The summed E-state index contributed by atoms with van der Waals surface area (Å²) in [5.74, 6) is 0.522. The molecular formula is C15H15ClN4. The molecule has 1 unspecified atom stereocenters. The first kappa shape index (κ1) is 14.3. The lowest BCUT2D eigenvalue weighted by Gasteiger charge is -2.26. The fourth-order valence-electron chi connectivity index (χ4n) is 1.96. The van der Waals surface area contributed by atoms with Crippen LogP contribution < -0.4 is 4.90 Å². The van der Waals surface area contributed by atoms with E-state index in [1.165, 1.54) is 0 Å². The molecule has 1 aromatic carbocycles. The van der Waals surface area contributed by atoms with Crippen molar-refractivity contribution in [1.29, 1.82) is 5.26 Å². The summed E-state index contributed by atoms with van der Waals surface area (Å²) in [5.41, 5.74) is 2.13. The summed E-state index contributed by atoms with van der Waals surface area (Å²) in [5, 5.41) is 9.70. The van der Waals surface area contributed by atoms with Crippen LogP contribution in [0.3, 0.4) is 0 Å². The van der Waals surface area contributed by atoms with E-state index in [1.54, 1.807) is 6.07 Å². The molecule has 0 N–H and O–H groups in total. The van der Waals surface area contributed by atoms with E-state index in [1.807, 2.05) is 56.1 Å². The molecule has 0 saturated carbocycles. The molecule has 0 saturated heterocycles. The quantitative estimate of drug-likeness (QED) is 0.866. The molecule has 0 bridgehead atoms. The number of aryl methyl sites for hydroxylation is 1. The van der Waals surface area contributed by atoms with Crippen molar-refractivity contribution < 1.29 is 0 Å². The van der Waals surface area contributed by atoms with Crippen LogP contribution in [0.15, 0.2) is 30.3 Å². The first-order valence-corrected chi connectivity index (χ1v) is 6.63. The molecular weight excluding hydrogens is 272 g/mol. The van der Waals surface area contributed by atoms with Gasteiger partial charge in [0.25, 0.3) is 0 Å². The van der Waals surface area contributed by atoms with Crippen molar-refractivity contribution in [1.82, 2.24) is 9.97 Å². The average Bonchev–Trinajstić information content (AvgIpc) is 2.45. The van der Waals surface area contributed by atoms with Crippen LogP contribution in [0.4, 0.5) is 5.95 Å². The van der Waals surface area contributed by atoms with Crippen molar-refractivity contribution in [2.75, 3.05) is 11.9 Å². The maximum atomic E-state index is 8.99. The Kier molecular flexibility index (Phi) is 4.21. The van der Waals surface area contributed by atoms with E-state index in [4.69, 9.17) is 16.9 Å². The van der Waals surface area contributed by atoms with Crippen LogP contribution in [0.2, 0.25) is 5.02 Å². The van der Waals surface area contributed by atoms with Gasteiger partial charge in [0.15, 0.2) is 0 Å². The fraction of sp³-hybridized carbons (Fsp3) is 0.267. The molecule has 0 fully saturated rings. The Morgan fingerprint density at radius 2 is 2.00 bits per heavy atom. The Morgan fingerprint density at radius 1 is 1.30 bits per heavy atom. The van der Waals surface area contributed by atoms with Gasteiger partial charge < -0.3 is 4.90 Å². The maximum absolute atomic E-state index is 8.99. The number of aromatic nitrogens is 2. The smallest absolute Gasteiger partial charge is 0.227 e. The maximum Gasteiger partial charge on any atom is 0.227 e. The highest BCUT2D eigenvalue weighted by molar-refractivity contribution is 6.31. The second-order valence-corrected chi connectivity index (χ2v) is 5.02. The number of rotatable bonds is 3. The van der Waals surface area contributed by atoms with E-state index in [0.717, 1.165) is 11.3 Å². The molecule has 0 aliphatic heterocycles. The molecule has 0 aliphatic carbocycles. The third-order valence-electron chi connectivity index (χ3n) is 3.21. The summed E-state index contributed by atoms with van der Waals surface area (Å²) in [6.45, 7) is 3.87. The van der Waals surface area contributed by atoms with Crippen LogP contribution in [0, 0.1) is 18.3 Å². The molecule has 1 atom stereocenters. The van der Waals surface area contributed by atoms with Gasteiger partial charge in [-0.3, -0.25) is 0 Å². The van der Waals surface area contributed by atoms with Crippen LogP contribution in [-0.4, -0.2) is 17.0 Å². The first-order chi connectivity index (χ1) is 9.52. The lowest BCUT2D eigenvalue weighted by atomic mass is 10.1. The zero-order valence-electron chi connectivity index (χ0n) is 11.6. The van der Waals surface area contributed by atoms with Crippen molar-refractivity contribution in [2.45, 2.75) is 19.9 Å². The van der Waals surface area contributed by atoms with E-state index in [0.29, 0.717) is 16.7 Å². The van der Waals surface area contributed by atoms with Crippen molar-refractivity contribution in [3.05, 3.63) is 52.3 Å². The van der Waals surface area contributed by atoms with Gasteiger partial charge in [0, 0.05) is 17.8 Å². The summed E-state index contributed by atoms with van der Waals surface area (Å²) in [6, 6.07) is 11.4. The van der Waals surface area contributed by atoms with E-state index in [2.05, 4.69) is 9.97 Å². The third kappa shape index (κ3) is 2.89. The van der Waals surface area contributed by atoms with Crippen LogP contribution in [0.25, 0.3) is 0 Å². The van der Waals surface area contributed by atoms with Gasteiger partial charge in [0.2, 0.25) is 5.95 Å². The van der Waals surface area contributed by atoms with Gasteiger partial charge >= 0.3 is 0 Å². The number of nitrogens with zero attached hydrogens (tertiary/aromatic N) is 4. The number of nitriles is 1. The highest BCUT2D eigenvalue weighted by Gasteiger charge is 2.17. The molecule has 102 valence electrons. The largest absolute Gasteiger partial charge is 0.337 e. The van der Waals surface area contributed by atoms with Crippen LogP contribution in [0.5, 0.6) is 0 Å². The van der Waals surface area contributed by atoms with Gasteiger partial charge in [-0.1, -0.05) is 29.8 Å². The van der Waals surface area contributed by atoms with Gasteiger partial charge in [-0.15, -0.1) is 0 Å². The van der Waals surface area contributed by atoms with Gasteiger partial charge in [-0.05, 0) is 31.5 Å². The third-order valence-corrected chi connectivity index (χ3v) is 3.55. The van der Waals surface area contributed by atoms with E-state index in [9.17, 15) is 0 Å². The Labute approximate surface area is 123 Å². The molecule has 1 heterocycles. The number of hydrogen-bond donors (Lipinski definition) is 0. The molecule has 1 aromatic heterocycles. The summed E-state index contributed by atoms with van der Waals surface area (Å²) >= 11 is 6.22. The van der Waals surface area contributed by atoms with Crippen molar-refractivity contribution in [3.8, 4) is 6.07 Å². The topological polar surface area (TPSA) is 52.8 Å². The lowest BCUT2D eigenvalue weighted by molar-refractivity contribution is 0.712. The summed E-state index contributed by atoms with van der Waals surface area (Å²) in [4.78, 5) is 10.5. The van der Waals surface area contributed by atoms with E-state index >= 15 is 0 Å². The van der Waals surface area contributed by atoms with Crippen molar-refractivity contribution in [3.63, 3.8) is 0 Å². The summed E-state index contributed by atoms with van der Waals surface area (Å²) in [6.07, 6.45) is 0. The molecule has 4 nitrogen and oxygen atoms in total. The fourth-order valence-corrected chi connectivity index (χ4v) is 2.26. The average molecular weight is 287 g/mol. The molecule has 0 amide bonds. The Morgan fingerprint density at radius 3 is 2.65 bits per heavy atom. The first-order valence-electron chi connectivity index (χ1n) is 6.26. The van der Waals surface area contributed by atoms with E-state index in [-0.39, 0.29) is 6.04 Å². The highest BCUT2D eigenvalue weighted by Crippen LogP contribution is 2.28. The molecule has 5 heteroatoms. The Bertz CT molecular complexity index is 663. The molecule has 0 radical (unpaired) electrons. The van der Waals surface area contributed by atoms with Crippen molar-refractivity contribution in [2.24, 2.45) is 0 Å². The minimum Gasteiger partial charge on any atom is -0.337 e. The molecule has 2 aromatic rings. The predicted octanol–water partition coefficient (Wildman–Crippen LogP) is 3.51. The summed E-state index contributed by atoms with van der Waals surface area (Å²) in [7, 11) is 1.89. The standard InChI is InChI=1S/C15H15ClN4/c1-10-8-12(9-17)19-15(18-10)20(3)11(2)13-6-4-5-7-14(13)16/h4-8,11H,1-3H3. The molecule has 2 rings (SSSR count). The van der Waals surface area contributed by atoms with Crippen LogP contribution in [0.1, 0.15) is 29.9 Å². The SMILES string of the molecule is Cc1cc(C#N)nc(N(C)C(C)c2ccccc2Cl)n1. The predicted molar refractivity (Wildman–Crippen MR) is 79.8 cm³/mol. The monoisotopic (exact) mass is 286 g/mol. The van der Waals surface area contributed by atoms with Gasteiger partial charge in [0.05, 0.1) is 6.04 Å². The normalized spacial score (nSPS) is 11.8. The number of anilines is 1. The Hall–Kier alpha value is -2.12. The Balaban J connectivity index is 2.36. The number of halogens is 1. The molecule has 20 heavy (non-hydrogen) atoms. The van der Waals surface area contributed by atoms with Gasteiger partial charge in [-0.25, -0.2) is 9.97 Å². The number of benzene rings is 1. The molecule has 0 spiro atoms. The van der Waals surface area contributed by atoms with Gasteiger partial charge in [0.1, 0.15) is 11.8 Å². The van der Waals surface area contributed by atoms with E-state index < -0.39 is 0 Å². The van der Waals surface area contributed by atoms with Crippen LogP contribution in [-0.2, 0) is 0 Å². The van der Waals surface area contributed by atoms with Crippen molar-refractivity contribution >= 4 is 17.5 Å². The highest BCUT2D eigenvalue weighted by atomic mass is 35.5. The minimum absolute atomic E-state index is 0.0112. The second kappa shape index (κ2) is 5.89. The number of hydrogen-bond acceptors (Lipinski definition) is 4. The minimum atomic E-state index is 0.0112. The molecule has 0 aliphatic rings. The lowest BCUT2D eigenvalue weighted by Crippen LogP contribution is -2.24. The van der Waals surface area contributed by atoms with Gasteiger partial charge in [-0.2, -0.15) is 5.26 Å². The zero-order valence-corrected chi connectivity index (χ0v) is 12.4.